The zero-order chi connectivity index (χ0) is 18.7. The van der Waals surface area contributed by atoms with Crippen LogP contribution in [0.2, 0.25) is 0 Å². The number of aryl methyl sites for hydroxylation is 1. The maximum atomic E-state index is 12.6. The fourth-order valence-electron chi connectivity index (χ4n) is 2.69. The Morgan fingerprint density at radius 2 is 1.73 bits per heavy atom. The van der Waals surface area contributed by atoms with E-state index >= 15 is 0 Å². The van der Waals surface area contributed by atoms with E-state index in [9.17, 15) is 14.4 Å². The van der Waals surface area contributed by atoms with Crippen molar-refractivity contribution in [2.24, 2.45) is 0 Å². The van der Waals surface area contributed by atoms with Crippen LogP contribution in [0, 0.1) is 6.92 Å². The van der Waals surface area contributed by atoms with Gasteiger partial charge in [0.2, 0.25) is 11.8 Å². The molecule has 3 aromatic rings. The molecule has 0 fully saturated rings. The molecule has 3 rings (SSSR count). The molecule has 0 spiro atoms. The zero-order valence-corrected chi connectivity index (χ0v) is 14.4. The molecular formula is C19H18N4O3. The second kappa shape index (κ2) is 7.18. The maximum Gasteiger partial charge on any atom is 0.261 e. The lowest BCUT2D eigenvalue weighted by Gasteiger charge is -2.12. The number of aromatic nitrogens is 2. The lowest BCUT2D eigenvalue weighted by Crippen LogP contribution is -2.30. The molecule has 0 bridgehead atoms. The first-order valence-corrected chi connectivity index (χ1v) is 8.08. The number of fused-ring (bicyclic) bond motifs is 1. The van der Waals surface area contributed by atoms with Gasteiger partial charge in [0.1, 0.15) is 12.4 Å². The van der Waals surface area contributed by atoms with Crippen molar-refractivity contribution in [1.29, 1.82) is 0 Å². The van der Waals surface area contributed by atoms with Gasteiger partial charge in [0.25, 0.3) is 5.56 Å². The van der Waals surface area contributed by atoms with Crippen molar-refractivity contribution < 1.29 is 9.59 Å². The standard InChI is InChI=1S/C19H18N4O3/c1-12-20-17-9-4-3-8-16(17)19(26)23(12)11-18(25)22-15-7-5-6-14(10-15)21-13(2)24/h3-10H,11H2,1-2H3,(H,21,24)(H,22,25). The minimum atomic E-state index is -0.354. The largest absolute Gasteiger partial charge is 0.326 e. The van der Waals surface area contributed by atoms with Crippen LogP contribution in [0.5, 0.6) is 0 Å². The van der Waals surface area contributed by atoms with E-state index in [4.69, 9.17) is 0 Å². The summed E-state index contributed by atoms with van der Waals surface area (Å²) in [6.45, 7) is 2.96. The smallest absolute Gasteiger partial charge is 0.261 e. The molecule has 1 heterocycles. The number of hydrogen-bond acceptors (Lipinski definition) is 4. The Labute approximate surface area is 149 Å². The highest BCUT2D eigenvalue weighted by Gasteiger charge is 2.11. The fraction of sp³-hybridized carbons (Fsp3) is 0.158. The number of nitrogens with zero attached hydrogens (tertiary/aromatic N) is 2. The number of nitrogens with one attached hydrogen (secondary N) is 2. The Bertz CT molecular complexity index is 1060. The molecule has 0 atom stereocenters. The average molecular weight is 350 g/mol. The molecule has 2 N–H and O–H groups in total. The molecule has 0 radical (unpaired) electrons. The van der Waals surface area contributed by atoms with Gasteiger partial charge >= 0.3 is 0 Å². The summed E-state index contributed by atoms with van der Waals surface area (Å²) in [5.41, 5.74) is 1.46. The number of para-hydroxylation sites is 1. The summed E-state index contributed by atoms with van der Waals surface area (Å²) in [6.07, 6.45) is 0. The molecule has 0 saturated carbocycles. The Balaban J connectivity index is 1.82. The van der Waals surface area contributed by atoms with Crippen LogP contribution in [-0.2, 0) is 16.1 Å². The summed E-state index contributed by atoms with van der Waals surface area (Å²) in [5.74, 6) is -0.0824. The molecule has 1 aromatic heterocycles. The molecule has 26 heavy (non-hydrogen) atoms. The second-order valence-corrected chi connectivity index (χ2v) is 5.88. The first kappa shape index (κ1) is 17.3. The Kier molecular flexibility index (Phi) is 4.79. The Hall–Kier alpha value is -3.48. The van der Waals surface area contributed by atoms with Gasteiger partial charge in [-0.05, 0) is 37.3 Å². The average Bonchev–Trinajstić information content (AvgIpc) is 2.58. The highest BCUT2D eigenvalue weighted by Crippen LogP contribution is 2.15. The monoisotopic (exact) mass is 350 g/mol. The van der Waals surface area contributed by atoms with Crippen LogP contribution in [0.4, 0.5) is 11.4 Å². The highest BCUT2D eigenvalue weighted by molar-refractivity contribution is 5.93. The van der Waals surface area contributed by atoms with E-state index in [1.165, 1.54) is 11.5 Å². The van der Waals surface area contributed by atoms with Crippen LogP contribution in [-0.4, -0.2) is 21.4 Å². The third-order valence-electron chi connectivity index (χ3n) is 3.82. The van der Waals surface area contributed by atoms with Crippen LogP contribution >= 0.6 is 0 Å². The van der Waals surface area contributed by atoms with Gasteiger partial charge in [-0.3, -0.25) is 19.0 Å². The fourth-order valence-corrected chi connectivity index (χ4v) is 2.69. The molecule has 2 aromatic carbocycles. The van der Waals surface area contributed by atoms with E-state index in [-0.39, 0.29) is 23.9 Å². The third-order valence-corrected chi connectivity index (χ3v) is 3.82. The van der Waals surface area contributed by atoms with Gasteiger partial charge in [-0.15, -0.1) is 0 Å². The Morgan fingerprint density at radius 3 is 2.46 bits per heavy atom. The summed E-state index contributed by atoms with van der Waals surface area (Å²) >= 11 is 0. The first-order chi connectivity index (χ1) is 12.4. The van der Waals surface area contributed by atoms with E-state index in [1.54, 1.807) is 49.4 Å². The molecule has 0 unspecified atom stereocenters. The van der Waals surface area contributed by atoms with E-state index in [0.717, 1.165) is 0 Å². The molecule has 7 nitrogen and oxygen atoms in total. The molecule has 132 valence electrons. The van der Waals surface area contributed by atoms with Crippen LogP contribution in [0.1, 0.15) is 12.7 Å². The predicted molar refractivity (Wildman–Crippen MR) is 100 cm³/mol. The van der Waals surface area contributed by atoms with Gasteiger partial charge in [-0.25, -0.2) is 4.98 Å². The van der Waals surface area contributed by atoms with E-state index in [0.29, 0.717) is 28.1 Å². The highest BCUT2D eigenvalue weighted by atomic mass is 16.2. The molecule has 0 aliphatic rings. The van der Waals surface area contributed by atoms with Crippen LogP contribution in [0.25, 0.3) is 10.9 Å². The number of hydrogen-bond donors (Lipinski definition) is 2. The van der Waals surface area contributed by atoms with Crippen molar-refractivity contribution in [3.8, 4) is 0 Å². The zero-order valence-electron chi connectivity index (χ0n) is 14.4. The van der Waals surface area contributed by atoms with Gasteiger partial charge in [-0.1, -0.05) is 18.2 Å². The third kappa shape index (κ3) is 3.77. The van der Waals surface area contributed by atoms with Gasteiger partial charge in [0.15, 0.2) is 0 Å². The number of anilines is 2. The Morgan fingerprint density at radius 1 is 1.04 bits per heavy atom. The minimum absolute atomic E-state index is 0.146. The number of carbonyl (C=O) groups excluding carboxylic acids is 2. The molecule has 2 amide bonds. The number of carbonyl (C=O) groups is 2. The predicted octanol–water partition coefficient (Wildman–Crippen LogP) is 2.30. The second-order valence-electron chi connectivity index (χ2n) is 5.88. The number of rotatable bonds is 4. The molecule has 0 saturated heterocycles. The van der Waals surface area contributed by atoms with Crippen molar-refractivity contribution in [2.45, 2.75) is 20.4 Å². The summed E-state index contributed by atoms with van der Waals surface area (Å²) in [6, 6.07) is 13.8. The van der Waals surface area contributed by atoms with E-state index in [2.05, 4.69) is 15.6 Å². The van der Waals surface area contributed by atoms with E-state index in [1.807, 2.05) is 6.07 Å². The van der Waals surface area contributed by atoms with Crippen molar-refractivity contribution in [3.05, 3.63) is 64.7 Å². The molecule has 0 aliphatic carbocycles. The normalized spacial score (nSPS) is 10.5. The SMILES string of the molecule is CC(=O)Nc1cccc(NC(=O)Cn2c(C)nc3ccccc3c2=O)c1. The van der Waals surface area contributed by atoms with Crippen molar-refractivity contribution in [2.75, 3.05) is 10.6 Å². The van der Waals surface area contributed by atoms with Gasteiger partial charge < -0.3 is 10.6 Å². The van der Waals surface area contributed by atoms with Gasteiger partial charge in [0, 0.05) is 18.3 Å². The topological polar surface area (TPSA) is 93.1 Å². The number of benzene rings is 2. The molecule has 7 heteroatoms. The van der Waals surface area contributed by atoms with Crippen molar-refractivity contribution in [3.63, 3.8) is 0 Å². The summed E-state index contributed by atoms with van der Waals surface area (Å²) in [5, 5.41) is 5.85. The van der Waals surface area contributed by atoms with Crippen LogP contribution < -0.4 is 16.2 Å². The minimum Gasteiger partial charge on any atom is -0.326 e. The summed E-state index contributed by atoms with van der Waals surface area (Å²) in [7, 11) is 0. The molecular weight excluding hydrogens is 332 g/mol. The van der Waals surface area contributed by atoms with Crippen LogP contribution in [0.3, 0.4) is 0 Å². The first-order valence-electron chi connectivity index (χ1n) is 8.08. The summed E-state index contributed by atoms with van der Waals surface area (Å²) < 4.78 is 1.34. The number of amides is 2. The van der Waals surface area contributed by atoms with Crippen molar-refractivity contribution in [1.82, 2.24) is 9.55 Å². The van der Waals surface area contributed by atoms with Gasteiger partial charge in [0.05, 0.1) is 10.9 Å². The lowest BCUT2D eigenvalue weighted by molar-refractivity contribution is -0.117. The van der Waals surface area contributed by atoms with Crippen LogP contribution in [0.15, 0.2) is 53.3 Å². The quantitative estimate of drug-likeness (QED) is 0.755. The van der Waals surface area contributed by atoms with Crippen molar-refractivity contribution >= 4 is 34.1 Å². The maximum absolute atomic E-state index is 12.6. The van der Waals surface area contributed by atoms with E-state index < -0.39 is 0 Å². The lowest BCUT2D eigenvalue weighted by atomic mass is 10.2. The van der Waals surface area contributed by atoms with Gasteiger partial charge in [-0.2, -0.15) is 0 Å². The summed E-state index contributed by atoms with van der Waals surface area (Å²) in [4.78, 5) is 40.5. The molecule has 0 aliphatic heterocycles.